The van der Waals surface area contributed by atoms with Crippen LogP contribution in [0.1, 0.15) is 29.8 Å². The van der Waals surface area contributed by atoms with E-state index in [0.29, 0.717) is 24.6 Å². The molecule has 1 saturated carbocycles. The lowest BCUT2D eigenvalue weighted by Gasteiger charge is -2.40. The first kappa shape index (κ1) is 19.5. The van der Waals surface area contributed by atoms with Crippen molar-refractivity contribution >= 4 is 21.8 Å². The largest absolute Gasteiger partial charge is 0.476 e. The third kappa shape index (κ3) is 4.58. The predicted molar refractivity (Wildman–Crippen MR) is 99.0 cm³/mol. The number of carbonyl (C=O) groups is 1. The minimum Gasteiger partial charge on any atom is -0.476 e. The molecule has 154 valence electrons. The molecule has 1 aromatic rings. The summed E-state index contributed by atoms with van der Waals surface area (Å²) in [5.74, 6) is -2.34. The van der Waals surface area contributed by atoms with E-state index in [1.807, 2.05) is 0 Å². The summed E-state index contributed by atoms with van der Waals surface area (Å²) in [7, 11) is -2.81. The fourth-order valence-corrected chi connectivity index (χ4v) is 4.92. The summed E-state index contributed by atoms with van der Waals surface area (Å²) in [6.07, 6.45) is 2.62. The zero-order valence-corrected chi connectivity index (χ0v) is 16.0. The Labute approximate surface area is 162 Å². The van der Waals surface area contributed by atoms with Crippen LogP contribution in [0.4, 0.5) is 14.5 Å². The van der Waals surface area contributed by atoms with Crippen molar-refractivity contribution in [3.05, 3.63) is 17.8 Å². The highest BCUT2D eigenvalue weighted by atomic mass is 32.3. The molecule has 0 spiro atoms. The molecule has 3 N–H and O–H groups in total. The third-order valence-corrected chi connectivity index (χ3v) is 6.84. The topological polar surface area (TPSA) is 104 Å². The molecule has 4 rings (SSSR count). The SMILES string of the molecule is O=C(NNC1CC[S+](=O)(O)C1)c1ccc(N2CC(F)(F)C2)c(OCC2CC2)n1. The maximum atomic E-state index is 13.2. The van der Waals surface area contributed by atoms with Gasteiger partial charge in [-0.15, -0.1) is 0 Å². The summed E-state index contributed by atoms with van der Waals surface area (Å²) in [6.45, 7) is -0.353. The molecule has 3 aliphatic rings. The molecular weight excluding hydrogens is 394 g/mol. The number of nitrogens with one attached hydrogen (secondary N) is 2. The first-order chi connectivity index (χ1) is 13.2. The van der Waals surface area contributed by atoms with Gasteiger partial charge in [0, 0.05) is 6.42 Å². The van der Waals surface area contributed by atoms with E-state index in [0.717, 1.165) is 12.8 Å². The van der Waals surface area contributed by atoms with Gasteiger partial charge in [0.15, 0.2) is 5.75 Å². The van der Waals surface area contributed by atoms with Crippen LogP contribution in [-0.2, 0) is 14.4 Å². The van der Waals surface area contributed by atoms with Gasteiger partial charge in [0.25, 0.3) is 11.8 Å². The molecule has 2 unspecified atom stereocenters. The number of alkyl halides is 2. The quantitative estimate of drug-likeness (QED) is 0.454. The monoisotopic (exact) mass is 417 g/mol. The molecule has 1 amide bonds. The average molecular weight is 417 g/mol. The van der Waals surface area contributed by atoms with Crippen molar-refractivity contribution < 1.29 is 27.1 Å². The van der Waals surface area contributed by atoms with Crippen LogP contribution in [0.5, 0.6) is 5.88 Å². The van der Waals surface area contributed by atoms with Crippen molar-refractivity contribution in [1.82, 2.24) is 15.8 Å². The van der Waals surface area contributed by atoms with Crippen LogP contribution < -0.4 is 20.5 Å². The van der Waals surface area contributed by atoms with Crippen molar-refractivity contribution in [3.8, 4) is 5.88 Å². The third-order valence-electron chi connectivity index (χ3n) is 5.05. The van der Waals surface area contributed by atoms with Crippen molar-refractivity contribution in [1.29, 1.82) is 0 Å². The summed E-state index contributed by atoms with van der Waals surface area (Å²) in [5.41, 5.74) is 5.78. The number of ether oxygens (including phenoxy) is 1. The Hall–Kier alpha value is -1.85. The van der Waals surface area contributed by atoms with E-state index in [4.69, 9.17) is 4.74 Å². The number of hydrazine groups is 1. The van der Waals surface area contributed by atoms with Crippen LogP contribution in [0.25, 0.3) is 0 Å². The van der Waals surface area contributed by atoms with Crippen molar-refractivity contribution in [3.63, 3.8) is 0 Å². The Bertz CT molecular complexity index is 812. The Morgan fingerprint density at radius 2 is 2.11 bits per heavy atom. The maximum absolute atomic E-state index is 13.2. The predicted octanol–water partition coefficient (Wildman–Crippen LogP) is 1.30. The van der Waals surface area contributed by atoms with Gasteiger partial charge in [0.2, 0.25) is 16.1 Å². The zero-order valence-electron chi connectivity index (χ0n) is 15.2. The van der Waals surface area contributed by atoms with E-state index in [9.17, 15) is 22.3 Å². The summed E-state index contributed by atoms with van der Waals surface area (Å²) in [6, 6.07) is 2.74. The zero-order chi connectivity index (χ0) is 19.9. The molecule has 2 aliphatic heterocycles. The molecule has 8 nitrogen and oxygen atoms in total. The highest BCUT2D eigenvalue weighted by Gasteiger charge is 2.45. The molecule has 2 atom stereocenters. The fraction of sp³-hybridized carbons (Fsp3) is 0.647. The Balaban J connectivity index is 1.42. The molecule has 1 aliphatic carbocycles. The van der Waals surface area contributed by atoms with Gasteiger partial charge in [-0.05, 0) is 30.9 Å². The van der Waals surface area contributed by atoms with E-state index < -0.39 is 35.1 Å². The van der Waals surface area contributed by atoms with Gasteiger partial charge < -0.3 is 9.64 Å². The number of hydrogen-bond acceptors (Lipinski definition) is 6. The van der Waals surface area contributed by atoms with Crippen molar-refractivity contribution in [2.45, 2.75) is 31.2 Å². The Morgan fingerprint density at radius 3 is 2.71 bits per heavy atom. The second kappa shape index (κ2) is 7.20. The van der Waals surface area contributed by atoms with Crippen LogP contribution >= 0.6 is 0 Å². The number of hydrogen-bond donors (Lipinski definition) is 3. The van der Waals surface area contributed by atoms with Crippen LogP contribution in [-0.4, -0.2) is 58.6 Å². The number of anilines is 1. The number of aromatic nitrogens is 1. The molecule has 0 radical (unpaired) electrons. The van der Waals surface area contributed by atoms with E-state index in [2.05, 4.69) is 15.8 Å². The Morgan fingerprint density at radius 1 is 1.36 bits per heavy atom. The summed E-state index contributed by atoms with van der Waals surface area (Å²) in [4.78, 5) is 18.1. The van der Waals surface area contributed by atoms with Crippen molar-refractivity contribution in [2.24, 2.45) is 5.92 Å². The second-order valence-corrected chi connectivity index (χ2v) is 10.0. The summed E-state index contributed by atoms with van der Waals surface area (Å²) in [5, 5.41) is 0. The molecular formula is C17H23F2N4O4S+. The van der Waals surface area contributed by atoms with Gasteiger partial charge in [0.1, 0.15) is 17.1 Å². The molecule has 28 heavy (non-hydrogen) atoms. The molecule has 0 bridgehead atoms. The number of pyridine rings is 1. The summed E-state index contributed by atoms with van der Waals surface area (Å²) >= 11 is 0. The highest BCUT2D eigenvalue weighted by Crippen LogP contribution is 2.37. The van der Waals surface area contributed by atoms with Crippen LogP contribution in [0.15, 0.2) is 12.1 Å². The van der Waals surface area contributed by atoms with Crippen LogP contribution in [0, 0.1) is 5.92 Å². The van der Waals surface area contributed by atoms with Crippen molar-refractivity contribution in [2.75, 3.05) is 36.1 Å². The van der Waals surface area contributed by atoms with Gasteiger partial charge in [-0.1, -0.05) is 4.21 Å². The number of rotatable bonds is 7. The minimum atomic E-state index is -2.81. The molecule has 0 aromatic carbocycles. The number of halogens is 2. The Kier molecular flexibility index (Phi) is 5.00. The molecule has 11 heteroatoms. The number of carbonyl (C=O) groups excluding carboxylic acids is 1. The molecule has 3 fully saturated rings. The van der Waals surface area contributed by atoms with E-state index in [1.165, 1.54) is 11.0 Å². The fourth-order valence-electron chi connectivity index (χ4n) is 3.22. The van der Waals surface area contributed by atoms with E-state index in [1.54, 1.807) is 6.07 Å². The van der Waals surface area contributed by atoms with Gasteiger partial charge in [-0.25, -0.2) is 19.2 Å². The normalized spacial score (nSPS) is 28.7. The lowest BCUT2D eigenvalue weighted by atomic mass is 10.1. The molecule has 2 saturated heterocycles. The summed E-state index contributed by atoms with van der Waals surface area (Å²) < 4.78 is 53.3. The standard InChI is InChI=1S/C17H22F2N4O4S/c18-17(19)9-23(10-17)14-4-3-13(20-16(14)27-7-11-1-2-11)15(24)22-21-12-5-6-28(25,26)8-12/h3-4,11-12H,1-2,5-10H2,(H2-,20,21,22,24,25,26)/p+1. The van der Waals surface area contributed by atoms with Crippen LogP contribution in [0.2, 0.25) is 0 Å². The molecule has 3 heterocycles. The highest BCUT2D eigenvalue weighted by molar-refractivity contribution is 7.98. The van der Waals surface area contributed by atoms with E-state index >= 15 is 0 Å². The first-order valence-electron chi connectivity index (χ1n) is 9.25. The maximum Gasteiger partial charge on any atom is 0.284 e. The first-order valence-corrected chi connectivity index (χ1v) is 11.1. The lowest BCUT2D eigenvalue weighted by molar-refractivity contribution is -0.0265. The van der Waals surface area contributed by atoms with Gasteiger partial charge >= 0.3 is 0 Å². The van der Waals surface area contributed by atoms with Gasteiger partial charge in [-0.2, -0.15) is 4.55 Å². The smallest absolute Gasteiger partial charge is 0.284 e. The van der Waals surface area contributed by atoms with Gasteiger partial charge in [0.05, 0.1) is 25.7 Å². The lowest BCUT2D eigenvalue weighted by Crippen LogP contribution is -2.56. The van der Waals surface area contributed by atoms with Crippen LogP contribution in [0.3, 0.4) is 0 Å². The second-order valence-electron chi connectivity index (χ2n) is 7.71. The minimum absolute atomic E-state index is 0.0806. The number of amides is 1. The number of nitrogens with zero attached hydrogens (tertiary/aromatic N) is 2. The average Bonchev–Trinajstić information content (AvgIpc) is 3.38. The molecule has 1 aromatic heterocycles. The van der Waals surface area contributed by atoms with E-state index in [-0.39, 0.29) is 29.1 Å². The van der Waals surface area contributed by atoms with Gasteiger partial charge in [-0.3, -0.25) is 10.2 Å².